The van der Waals surface area contributed by atoms with Gasteiger partial charge in [-0.1, -0.05) is 20.3 Å². The lowest BCUT2D eigenvalue weighted by Gasteiger charge is -2.30. The van der Waals surface area contributed by atoms with E-state index in [1.165, 1.54) is 37.0 Å². The van der Waals surface area contributed by atoms with Crippen LogP contribution in [0.3, 0.4) is 0 Å². The van der Waals surface area contributed by atoms with Gasteiger partial charge in [0.05, 0.1) is 20.6 Å². The van der Waals surface area contributed by atoms with Crippen molar-refractivity contribution in [2.45, 2.75) is 52.1 Å². The maximum absolute atomic E-state index is 2.65. The molecule has 1 fully saturated rings. The highest BCUT2D eigenvalue weighted by Crippen LogP contribution is 2.24. The lowest BCUT2D eigenvalue weighted by atomic mass is 10.1. The summed E-state index contributed by atoms with van der Waals surface area (Å²) in [4.78, 5) is 2.65. The zero-order valence-electron chi connectivity index (χ0n) is 10.6. The summed E-state index contributed by atoms with van der Waals surface area (Å²) in [5.41, 5.74) is 0. The van der Waals surface area contributed by atoms with Gasteiger partial charge in [-0.05, 0) is 13.3 Å². The molecule has 1 aliphatic rings. The summed E-state index contributed by atoms with van der Waals surface area (Å²) in [5.74, 6) is 0. The molecule has 1 heterocycles. The number of likely N-dealkylation sites (N-methyl/N-ethyl adjacent to an activating group) is 1. The van der Waals surface area contributed by atoms with Crippen molar-refractivity contribution in [1.82, 2.24) is 4.90 Å². The number of hydrogen-bond donors (Lipinski definition) is 0. The molecule has 0 spiro atoms. The molecule has 0 aliphatic carbocycles. The van der Waals surface area contributed by atoms with Gasteiger partial charge in [-0.3, -0.25) is 0 Å². The summed E-state index contributed by atoms with van der Waals surface area (Å²) < 4.78 is 1.19. The molecule has 1 aliphatic heterocycles. The summed E-state index contributed by atoms with van der Waals surface area (Å²) in [6.07, 6.45) is 3.97. The van der Waals surface area contributed by atoms with Crippen molar-refractivity contribution < 1.29 is 4.48 Å². The topological polar surface area (TPSA) is 3.24 Å². The van der Waals surface area contributed by atoms with Crippen LogP contribution in [-0.4, -0.2) is 48.8 Å². The average molecular weight is 199 g/mol. The molecule has 1 saturated heterocycles. The summed E-state index contributed by atoms with van der Waals surface area (Å²) in [6.45, 7) is 9.48. The normalized spacial score (nSPS) is 29.4. The molecular formula is C12H27N2+. The van der Waals surface area contributed by atoms with Gasteiger partial charge in [0.1, 0.15) is 12.7 Å². The Hall–Kier alpha value is -0.0800. The van der Waals surface area contributed by atoms with E-state index in [-0.39, 0.29) is 0 Å². The molecule has 0 radical (unpaired) electrons. The van der Waals surface area contributed by atoms with Gasteiger partial charge in [-0.2, -0.15) is 0 Å². The van der Waals surface area contributed by atoms with Gasteiger partial charge in [-0.25, -0.2) is 4.90 Å². The van der Waals surface area contributed by atoms with Gasteiger partial charge < -0.3 is 4.48 Å². The number of rotatable bonds is 4. The molecule has 0 saturated carbocycles. The van der Waals surface area contributed by atoms with Crippen LogP contribution in [-0.2, 0) is 0 Å². The van der Waals surface area contributed by atoms with Gasteiger partial charge in [0.15, 0.2) is 0 Å². The van der Waals surface area contributed by atoms with Crippen LogP contribution >= 0.6 is 0 Å². The van der Waals surface area contributed by atoms with Crippen LogP contribution in [0.2, 0.25) is 0 Å². The minimum absolute atomic E-state index is 0.759. The molecule has 0 aromatic heterocycles. The van der Waals surface area contributed by atoms with Crippen molar-refractivity contribution in [1.29, 1.82) is 0 Å². The minimum atomic E-state index is 0.759. The van der Waals surface area contributed by atoms with E-state index < -0.39 is 0 Å². The first kappa shape index (κ1) is 12.0. The van der Waals surface area contributed by atoms with E-state index in [9.17, 15) is 0 Å². The first-order valence-corrected chi connectivity index (χ1v) is 6.08. The minimum Gasteiger partial charge on any atom is -0.312 e. The molecule has 0 N–H and O–H groups in total. The highest BCUT2D eigenvalue weighted by molar-refractivity contribution is 4.74. The van der Waals surface area contributed by atoms with Crippen molar-refractivity contribution >= 4 is 0 Å². The fourth-order valence-electron chi connectivity index (χ4n) is 2.48. The van der Waals surface area contributed by atoms with E-state index in [2.05, 4.69) is 39.8 Å². The van der Waals surface area contributed by atoms with E-state index in [0.717, 1.165) is 12.1 Å². The van der Waals surface area contributed by atoms with Crippen molar-refractivity contribution in [2.75, 3.05) is 27.3 Å². The van der Waals surface area contributed by atoms with Crippen molar-refractivity contribution in [3.8, 4) is 0 Å². The van der Waals surface area contributed by atoms with Gasteiger partial charge in [0.2, 0.25) is 0 Å². The molecular weight excluding hydrogens is 172 g/mol. The lowest BCUT2D eigenvalue weighted by Crippen LogP contribution is -2.45. The Labute approximate surface area is 89.5 Å². The Morgan fingerprint density at radius 1 is 1.36 bits per heavy atom. The van der Waals surface area contributed by atoms with Crippen LogP contribution in [0.4, 0.5) is 0 Å². The molecule has 0 aromatic rings. The smallest absolute Gasteiger partial charge is 0.135 e. The maximum Gasteiger partial charge on any atom is 0.135 e. The Bertz CT molecular complexity index is 177. The molecule has 2 heteroatoms. The molecule has 0 amide bonds. The Morgan fingerprint density at radius 2 is 2.00 bits per heavy atom. The first-order valence-electron chi connectivity index (χ1n) is 6.08. The summed E-state index contributed by atoms with van der Waals surface area (Å²) >= 11 is 0. The molecule has 2 unspecified atom stereocenters. The molecule has 2 nitrogen and oxygen atoms in total. The third-order valence-electron chi connectivity index (χ3n) is 3.82. The third-order valence-corrected chi connectivity index (χ3v) is 3.82. The number of nitrogens with zero attached hydrogens (tertiary/aromatic N) is 2. The second-order valence-corrected chi connectivity index (χ2v) is 5.39. The van der Waals surface area contributed by atoms with Crippen LogP contribution in [0.5, 0.6) is 0 Å². The van der Waals surface area contributed by atoms with E-state index in [1.807, 2.05) is 0 Å². The quantitative estimate of drug-likeness (QED) is 0.628. The molecule has 14 heavy (non-hydrogen) atoms. The van der Waals surface area contributed by atoms with Crippen LogP contribution in [0.25, 0.3) is 0 Å². The average Bonchev–Trinajstić information content (AvgIpc) is 2.42. The number of hydrogen-bond acceptors (Lipinski definition) is 1. The molecule has 84 valence electrons. The van der Waals surface area contributed by atoms with E-state index >= 15 is 0 Å². The zero-order valence-corrected chi connectivity index (χ0v) is 10.6. The molecule has 2 atom stereocenters. The fourth-order valence-corrected chi connectivity index (χ4v) is 2.48. The Balaban J connectivity index is 2.56. The van der Waals surface area contributed by atoms with Crippen LogP contribution in [0.15, 0.2) is 0 Å². The highest BCUT2D eigenvalue weighted by Gasteiger charge is 2.39. The van der Waals surface area contributed by atoms with E-state index in [0.29, 0.717) is 0 Å². The summed E-state index contributed by atoms with van der Waals surface area (Å²) in [5, 5.41) is 0. The Morgan fingerprint density at radius 3 is 2.50 bits per heavy atom. The highest BCUT2D eigenvalue weighted by atomic mass is 15.5. The maximum atomic E-state index is 2.65. The van der Waals surface area contributed by atoms with Gasteiger partial charge in [0.25, 0.3) is 0 Å². The van der Waals surface area contributed by atoms with Gasteiger partial charge >= 0.3 is 0 Å². The predicted octanol–water partition coefficient (Wildman–Crippen LogP) is 2.30. The van der Waals surface area contributed by atoms with Crippen LogP contribution < -0.4 is 0 Å². The first-order chi connectivity index (χ1) is 6.51. The van der Waals surface area contributed by atoms with Crippen molar-refractivity contribution in [3.63, 3.8) is 0 Å². The van der Waals surface area contributed by atoms with Crippen molar-refractivity contribution in [3.05, 3.63) is 0 Å². The summed E-state index contributed by atoms with van der Waals surface area (Å²) in [7, 11) is 4.76. The van der Waals surface area contributed by atoms with E-state index in [1.54, 1.807) is 0 Å². The van der Waals surface area contributed by atoms with Gasteiger partial charge in [0, 0.05) is 12.5 Å². The third kappa shape index (κ3) is 2.48. The standard InChI is InChI=1S/C12H27N2/c1-6-8-12-9-13(11(3)7-2)10-14(12,4)5/h11-12H,6-10H2,1-5H3/q+1. The monoisotopic (exact) mass is 199 g/mol. The largest absolute Gasteiger partial charge is 0.312 e. The predicted molar refractivity (Wildman–Crippen MR) is 62.1 cm³/mol. The number of quaternary nitrogens is 1. The second-order valence-electron chi connectivity index (χ2n) is 5.39. The fraction of sp³-hybridized carbons (Fsp3) is 1.00. The van der Waals surface area contributed by atoms with Crippen LogP contribution in [0, 0.1) is 0 Å². The Kier molecular flexibility index (Phi) is 3.96. The van der Waals surface area contributed by atoms with Gasteiger partial charge in [-0.15, -0.1) is 0 Å². The molecule has 0 bridgehead atoms. The second kappa shape index (κ2) is 4.63. The lowest BCUT2D eigenvalue weighted by molar-refractivity contribution is -0.906. The zero-order chi connectivity index (χ0) is 10.8. The van der Waals surface area contributed by atoms with Crippen molar-refractivity contribution in [2.24, 2.45) is 0 Å². The van der Waals surface area contributed by atoms with E-state index in [4.69, 9.17) is 0 Å². The van der Waals surface area contributed by atoms with Crippen LogP contribution in [0.1, 0.15) is 40.0 Å². The SMILES string of the molecule is CCCC1CN(C(C)CC)C[N+]1(C)C. The molecule has 0 aromatic carbocycles. The molecule has 1 rings (SSSR count). The summed E-state index contributed by atoms with van der Waals surface area (Å²) in [6, 6.07) is 1.61.